The number of para-hydroxylation sites is 1. The molecule has 52 heavy (non-hydrogen) atoms. The number of urea groups is 1. The maximum absolute atomic E-state index is 14.1. The summed E-state index contributed by atoms with van der Waals surface area (Å²) in [6, 6.07) is 11.8. The first-order valence-corrected chi connectivity index (χ1v) is 18.3. The average molecular weight is 721 g/mol. The molecule has 2 aromatic rings. The van der Waals surface area contributed by atoms with Crippen molar-refractivity contribution in [1.82, 2.24) is 24.5 Å². The Hall–Kier alpha value is -4.36. The van der Waals surface area contributed by atoms with Gasteiger partial charge in [0.1, 0.15) is 5.75 Å². The van der Waals surface area contributed by atoms with Gasteiger partial charge in [0.25, 0.3) is 5.91 Å². The number of nitrogens with one attached hydrogen (secondary N) is 1. The van der Waals surface area contributed by atoms with E-state index in [1.165, 1.54) is 7.11 Å². The van der Waals surface area contributed by atoms with Crippen molar-refractivity contribution in [2.45, 2.75) is 78.0 Å². The molecule has 6 rings (SSSR count). The van der Waals surface area contributed by atoms with Crippen LogP contribution in [0.1, 0.15) is 55.4 Å². The molecule has 1 atom stereocenters. The number of amides is 4. The zero-order valence-corrected chi connectivity index (χ0v) is 30.1. The Kier molecular flexibility index (Phi) is 13.0. The van der Waals surface area contributed by atoms with Gasteiger partial charge in [0.15, 0.2) is 6.10 Å². The number of likely N-dealkylation sites (tertiary alicyclic amines) is 2. The smallest absolute Gasteiger partial charge is 0.410 e. The second kappa shape index (κ2) is 17.4. The number of hydrogen-bond donors (Lipinski definition) is 2. The Morgan fingerprint density at radius 2 is 1.48 bits per heavy atom. The lowest BCUT2D eigenvalue weighted by molar-refractivity contribution is -0.142. The van der Waals surface area contributed by atoms with E-state index < -0.39 is 12.2 Å². The quantitative estimate of drug-likeness (QED) is 0.388. The minimum Gasteiger partial charge on any atom is -0.507 e. The van der Waals surface area contributed by atoms with Crippen LogP contribution >= 0.6 is 0 Å². The van der Waals surface area contributed by atoms with Gasteiger partial charge in [0.05, 0.1) is 13.7 Å². The number of aromatic hydroxyl groups is 1. The monoisotopic (exact) mass is 720 g/mol. The maximum Gasteiger partial charge on any atom is 0.410 e. The molecule has 0 saturated carbocycles. The molecular formula is C39H56N6O7. The normalized spacial score (nSPS) is 19.9. The number of carbonyl (C=O) groups excluding carboxylic acids is 4. The van der Waals surface area contributed by atoms with E-state index in [2.05, 4.69) is 15.1 Å². The maximum atomic E-state index is 14.1. The molecule has 0 aliphatic carbocycles. The molecule has 13 heteroatoms. The molecule has 2 aromatic carbocycles. The van der Waals surface area contributed by atoms with Gasteiger partial charge in [-0.05, 0) is 74.3 Å². The number of piperazine rings is 1. The van der Waals surface area contributed by atoms with Crippen molar-refractivity contribution < 1.29 is 33.8 Å². The number of esters is 1. The van der Waals surface area contributed by atoms with Crippen molar-refractivity contribution in [2.24, 2.45) is 0 Å². The number of methoxy groups -OCH3 is 1. The SMILES string of the molecule is C.COC(=O)CN1CCN(C2CCN(C(=O)[C@@H](Cc3cc(C)c(O)c(C)c3)OC(=O)N3CCC(N4CCc5ccccc5NC4=O)CC3)CC2)CC1. The van der Waals surface area contributed by atoms with Crippen LogP contribution in [0.5, 0.6) is 5.75 Å². The van der Waals surface area contributed by atoms with Gasteiger partial charge < -0.3 is 34.6 Å². The molecule has 4 amide bonds. The number of carbonyl (C=O) groups is 4. The highest BCUT2D eigenvalue weighted by molar-refractivity contribution is 5.91. The van der Waals surface area contributed by atoms with Crippen LogP contribution in [0.4, 0.5) is 15.3 Å². The first kappa shape index (κ1) is 38.9. The molecule has 4 heterocycles. The fraction of sp³-hybridized carbons (Fsp3) is 0.590. The number of ether oxygens (including phenoxy) is 2. The van der Waals surface area contributed by atoms with Crippen molar-refractivity contribution >= 4 is 29.7 Å². The third-order valence-electron chi connectivity index (χ3n) is 11.1. The molecule has 0 unspecified atom stereocenters. The Morgan fingerprint density at radius 1 is 0.865 bits per heavy atom. The van der Waals surface area contributed by atoms with Crippen LogP contribution < -0.4 is 5.32 Å². The van der Waals surface area contributed by atoms with Crippen molar-refractivity contribution in [3.63, 3.8) is 0 Å². The largest absolute Gasteiger partial charge is 0.507 e. The number of aryl methyl sites for hydroxylation is 2. The van der Waals surface area contributed by atoms with Crippen LogP contribution in [0.2, 0.25) is 0 Å². The third-order valence-corrected chi connectivity index (χ3v) is 11.1. The van der Waals surface area contributed by atoms with Crippen molar-refractivity contribution in [1.29, 1.82) is 0 Å². The average Bonchev–Trinajstić information content (AvgIpc) is 3.31. The van der Waals surface area contributed by atoms with Crippen LogP contribution in [-0.2, 0) is 31.9 Å². The van der Waals surface area contributed by atoms with Crippen molar-refractivity contribution in [3.8, 4) is 5.75 Å². The highest BCUT2D eigenvalue weighted by atomic mass is 16.6. The van der Waals surface area contributed by atoms with E-state index in [0.29, 0.717) is 69.3 Å². The number of benzene rings is 2. The van der Waals surface area contributed by atoms with E-state index in [-0.39, 0.29) is 43.5 Å². The van der Waals surface area contributed by atoms with E-state index in [1.54, 1.807) is 4.90 Å². The summed E-state index contributed by atoms with van der Waals surface area (Å²) in [5.74, 6) is -0.207. The molecular weight excluding hydrogens is 664 g/mol. The molecule has 284 valence electrons. The number of nitrogens with zero attached hydrogens (tertiary/aromatic N) is 5. The van der Waals surface area contributed by atoms with Gasteiger partial charge in [-0.3, -0.25) is 19.4 Å². The lowest BCUT2D eigenvalue weighted by Crippen LogP contribution is -2.55. The highest BCUT2D eigenvalue weighted by Gasteiger charge is 2.37. The summed E-state index contributed by atoms with van der Waals surface area (Å²) in [4.78, 5) is 62.5. The predicted octanol–water partition coefficient (Wildman–Crippen LogP) is 4.03. The van der Waals surface area contributed by atoms with Gasteiger partial charge in [0.2, 0.25) is 0 Å². The minimum atomic E-state index is -1.01. The summed E-state index contributed by atoms with van der Waals surface area (Å²) >= 11 is 0. The molecule has 3 fully saturated rings. The van der Waals surface area contributed by atoms with E-state index in [4.69, 9.17) is 9.47 Å². The number of phenols is 1. The predicted molar refractivity (Wildman–Crippen MR) is 198 cm³/mol. The van der Waals surface area contributed by atoms with Gasteiger partial charge in [-0.2, -0.15) is 0 Å². The summed E-state index contributed by atoms with van der Waals surface area (Å²) in [6.07, 6.45) is 2.34. The number of fused-ring (bicyclic) bond motifs is 1. The Balaban J connectivity index is 0.00000523. The van der Waals surface area contributed by atoms with Gasteiger partial charge in [-0.1, -0.05) is 37.8 Å². The summed E-state index contributed by atoms with van der Waals surface area (Å²) in [5.41, 5.74) is 4.19. The number of rotatable bonds is 8. The van der Waals surface area contributed by atoms with E-state index in [0.717, 1.165) is 62.3 Å². The summed E-state index contributed by atoms with van der Waals surface area (Å²) in [7, 11) is 1.41. The number of hydrogen-bond acceptors (Lipinski definition) is 9. The third kappa shape index (κ3) is 9.16. The molecule has 4 aliphatic rings. The summed E-state index contributed by atoms with van der Waals surface area (Å²) in [6.45, 7) is 9.88. The molecule has 13 nitrogen and oxygen atoms in total. The van der Waals surface area contributed by atoms with Gasteiger partial charge in [-0.25, -0.2) is 9.59 Å². The zero-order chi connectivity index (χ0) is 36.1. The highest BCUT2D eigenvalue weighted by Crippen LogP contribution is 2.27. The van der Waals surface area contributed by atoms with Gasteiger partial charge in [-0.15, -0.1) is 0 Å². The number of piperidine rings is 2. The van der Waals surface area contributed by atoms with Crippen molar-refractivity contribution in [3.05, 3.63) is 58.7 Å². The fourth-order valence-electron chi connectivity index (χ4n) is 8.04. The lowest BCUT2D eigenvalue weighted by atomic mass is 9.98. The Morgan fingerprint density at radius 3 is 2.13 bits per heavy atom. The molecule has 2 N–H and O–H groups in total. The molecule has 0 bridgehead atoms. The number of phenolic OH excluding ortho intramolecular Hbond substituents is 1. The number of anilines is 1. The summed E-state index contributed by atoms with van der Waals surface area (Å²) < 4.78 is 10.9. The Labute approximate surface area is 307 Å². The summed E-state index contributed by atoms with van der Waals surface area (Å²) in [5, 5.41) is 13.4. The van der Waals surface area contributed by atoms with Crippen LogP contribution in [0.25, 0.3) is 0 Å². The van der Waals surface area contributed by atoms with E-state index >= 15 is 0 Å². The first-order valence-electron chi connectivity index (χ1n) is 18.3. The van der Waals surface area contributed by atoms with Gasteiger partial charge in [0, 0.05) is 83.1 Å². The van der Waals surface area contributed by atoms with Crippen molar-refractivity contribution in [2.75, 3.05) is 77.9 Å². The van der Waals surface area contributed by atoms with E-state index in [9.17, 15) is 24.3 Å². The molecule has 0 radical (unpaired) electrons. The van der Waals surface area contributed by atoms with Crippen LogP contribution in [0.3, 0.4) is 0 Å². The topological polar surface area (TPSA) is 135 Å². The lowest BCUT2D eigenvalue weighted by Gasteiger charge is -2.43. The Bertz CT molecular complexity index is 1560. The standard InChI is InChI=1S/C38H52N6O7.CH4/c1-26-22-28(23-27(2)35(26)46)24-33(36(47)42-13-9-30(10-14-42)41-20-18-40(19-21-41)25-34(45)50-3)51-38(49)43-15-11-31(12-16-43)44-17-8-29-6-4-5-7-32(29)39-37(44)48;/h4-7,22-23,30-31,33,46H,8-21,24-25H2,1-3H3,(H,39,48);1H4/t33-;/m1./s1. The molecule has 0 spiro atoms. The van der Waals surface area contributed by atoms with Gasteiger partial charge >= 0.3 is 18.1 Å². The second-order valence-corrected chi connectivity index (χ2v) is 14.3. The first-order chi connectivity index (χ1) is 24.6. The van der Waals surface area contributed by atoms with Crippen LogP contribution in [0, 0.1) is 13.8 Å². The molecule has 4 aliphatic heterocycles. The minimum absolute atomic E-state index is 0. The van der Waals surface area contributed by atoms with Crippen LogP contribution in [0.15, 0.2) is 36.4 Å². The van der Waals surface area contributed by atoms with Crippen LogP contribution in [-0.4, -0.2) is 144 Å². The zero-order valence-electron chi connectivity index (χ0n) is 30.1. The second-order valence-electron chi connectivity index (χ2n) is 14.3. The molecule has 3 saturated heterocycles. The van der Waals surface area contributed by atoms with E-state index in [1.807, 2.05) is 60.0 Å². The fourth-order valence-corrected chi connectivity index (χ4v) is 8.04. The molecule has 0 aromatic heterocycles.